The minimum absolute atomic E-state index is 0.0434. The molecule has 2 atom stereocenters. The van der Waals surface area contributed by atoms with Gasteiger partial charge in [-0.2, -0.15) is 13.2 Å². The predicted octanol–water partition coefficient (Wildman–Crippen LogP) is 1.96. The third-order valence-electron chi connectivity index (χ3n) is 4.06. The van der Waals surface area contributed by atoms with Gasteiger partial charge in [-0.1, -0.05) is 24.3 Å². The van der Waals surface area contributed by atoms with Crippen molar-refractivity contribution in [2.75, 3.05) is 7.11 Å². The molecule has 2 rings (SSSR count). The number of carbonyl (C=O) groups is 2. The zero-order valence-corrected chi connectivity index (χ0v) is 14.9. The highest BCUT2D eigenvalue weighted by molar-refractivity contribution is 5.89. The Morgan fingerprint density at radius 1 is 1.11 bits per heavy atom. The summed E-state index contributed by atoms with van der Waals surface area (Å²) >= 11 is 0. The Kier molecular flexibility index (Phi) is 6.63. The van der Waals surface area contributed by atoms with Crippen molar-refractivity contribution in [2.45, 2.75) is 24.7 Å². The number of aliphatic hydroxyl groups excluding tert-OH is 1. The highest BCUT2D eigenvalue weighted by Crippen LogP contribution is 2.30. The third kappa shape index (κ3) is 5.46. The average Bonchev–Trinajstić information content (AvgIpc) is 2.66. The highest BCUT2D eigenvalue weighted by Gasteiger charge is 2.31. The maximum atomic E-state index is 12.6. The first-order valence-corrected chi connectivity index (χ1v) is 8.19. The number of primary amides is 1. The van der Waals surface area contributed by atoms with Crippen LogP contribution in [0.5, 0.6) is 5.75 Å². The maximum absolute atomic E-state index is 12.6. The molecule has 6 nitrogen and oxygen atoms in total. The largest absolute Gasteiger partial charge is 0.497 e. The first kappa shape index (κ1) is 21.2. The molecule has 0 bridgehead atoms. The van der Waals surface area contributed by atoms with Crippen LogP contribution in [0.3, 0.4) is 0 Å². The Bertz CT molecular complexity index is 821. The van der Waals surface area contributed by atoms with E-state index in [1.807, 2.05) is 0 Å². The van der Waals surface area contributed by atoms with Crippen molar-refractivity contribution >= 4 is 11.8 Å². The number of hydrogen-bond acceptors (Lipinski definition) is 4. The summed E-state index contributed by atoms with van der Waals surface area (Å²) < 4.78 is 42.8. The number of hydrogen-bond donors (Lipinski definition) is 3. The molecule has 150 valence electrons. The summed E-state index contributed by atoms with van der Waals surface area (Å²) in [4.78, 5) is 23.9. The first-order valence-electron chi connectivity index (χ1n) is 8.19. The zero-order chi connectivity index (χ0) is 20.9. The molecule has 0 spiro atoms. The molecular weight excluding hydrogens is 377 g/mol. The van der Waals surface area contributed by atoms with Gasteiger partial charge in [0.1, 0.15) is 11.8 Å². The Hall–Kier alpha value is -3.07. The van der Waals surface area contributed by atoms with Gasteiger partial charge in [-0.05, 0) is 35.4 Å². The lowest BCUT2D eigenvalue weighted by molar-refractivity contribution is -0.137. The normalized spacial score (nSPS) is 13.5. The van der Waals surface area contributed by atoms with E-state index in [4.69, 9.17) is 10.5 Å². The van der Waals surface area contributed by atoms with Gasteiger partial charge in [0, 0.05) is 6.42 Å². The molecule has 9 heteroatoms. The van der Waals surface area contributed by atoms with E-state index in [9.17, 15) is 27.9 Å². The first-order chi connectivity index (χ1) is 13.1. The molecule has 0 unspecified atom stereocenters. The second kappa shape index (κ2) is 8.75. The summed E-state index contributed by atoms with van der Waals surface area (Å²) in [6.07, 6.45) is -6.20. The Morgan fingerprint density at radius 3 is 2.14 bits per heavy atom. The Balaban J connectivity index is 2.07. The van der Waals surface area contributed by atoms with Gasteiger partial charge in [-0.15, -0.1) is 0 Å². The number of amides is 2. The van der Waals surface area contributed by atoms with E-state index in [2.05, 4.69) is 5.32 Å². The fourth-order valence-electron chi connectivity index (χ4n) is 2.48. The molecule has 2 aromatic rings. The minimum Gasteiger partial charge on any atom is -0.497 e. The maximum Gasteiger partial charge on any atom is 0.416 e. The molecule has 28 heavy (non-hydrogen) atoms. The van der Waals surface area contributed by atoms with Crippen LogP contribution in [0.15, 0.2) is 48.5 Å². The van der Waals surface area contributed by atoms with Crippen LogP contribution in [0.1, 0.15) is 22.8 Å². The van der Waals surface area contributed by atoms with E-state index in [1.54, 1.807) is 24.3 Å². The summed E-state index contributed by atoms with van der Waals surface area (Å²) in [6, 6.07) is 9.12. The van der Waals surface area contributed by atoms with Gasteiger partial charge in [0.25, 0.3) is 5.91 Å². The van der Waals surface area contributed by atoms with E-state index in [-0.39, 0.29) is 12.0 Å². The molecule has 0 fully saturated rings. The quantitative estimate of drug-likeness (QED) is 0.666. The van der Waals surface area contributed by atoms with E-state index in [0.717, 1.165) is 24.3 Å². The van der Waals surface area contributed by atoms with Crippen LogP contribution in [0.25, 0.3) is 0 Å². The average molecular weight is 396 g/mol. The number of nitrogens with one attached hydrogen (secondary N) is 1. The fraction of sp³-hybridized carbons (Fsp3) is 0.263. The third-order valence-corrected chi connectivity index (χ3v) is 4.06. The number of nitrogens with two attached hydrogens (primary N) is 1. The van der Waals surface area contributed by atoms with Crippen molar-refractivity contribution in [1.82, 2.24) is 5.32 Å². The van der Waals surface area contributed by atoms with Crippen molar-refractivity contribution < 1.29 is 32.6 Å². The second-order valence-electron chi connectivity index (χ2n) is 6.04. The highest BCUT2D eigenvalue weighted by atomic mass is 19.4. The van der Waals surface area contributed by atoms with Crippen LogP contribution in [0, 0.1) is 0 Å². The van der Waals surface area contributed by atoms with E-state index < -0.39 is 35.7 Å². The van der Waals surface area contributed by atoms with Crippen molar-refractivity contribution in [3.05, 3.63) is 65.2 Å². The van der Waals surface area contributed by atoms with Crippen LogP contribution in [0.4, 0.5) is 13.2 Å². The van der Waals surface area contributed by atoms with Crippen molar-refractivity contribution in [1.29, 1.82) is 0 Å². The number of halogens is 3. The Labute approximate surface area is 159 Å². The SMILES string of the molecule is COc1ccc(C[C@@H](NC(=O)[C@H](O)c2ccc(C(F)(F)F)cc2)C(N)=O)cc1. The molecule has 0 aliphatic rings. The van der Waals surface area contributed by atoms with Crippen molar-refractivity contribution in [2.24, 2.45) is 5.73 Å². The molecule has 0 saturated heterocycles. The van der Waals surface area contributed by atoms with Gasteiger partial charge in [0.2, 0.25) is 5.91 Å². The molecule has 2 aromatic carbocycles. The summed E-state index contributed by atoms with van der Waals surface area (Å²) in [5.74, 6) is -1.15. The molecule has 0 aliphatic carbocycles. The number of methoxy groups -OCH3 is 1. The summed E-state index contributed by atoms with van der Waals surface area (Å²) in [5, 5.41) is 12.4. The van der Waals surface area contributed by atoms with Crippen LogP contribution >= 0.6 is 0 Å². The van der Waals surface area contributed by atoms with Gasteiger partial charge >= 0.3 is 6.18 Å². The second-order valence-corrected chi connectivity index (χ2v) is 6.04. The zero-order valence-electron chi connectivity index (χ0n) is 14.9. The molecule has 0 aromatic heterocycles. The Morgan fingerprint density at radius 2 is 1.68 bits per heavy atom. The van der Waals surface area contributed by atoms with E-state index in [1.165, 1.54) is 7.11 Å². The lowest BCUT2D eigenvalue weighted by Crippen LogP contribution is -2.47. The lowest BCUT2D eigenvalue weighted by Gasteiger charge is -2.19. The van der Waals surface area contributed by atoms with Crippen LogP contribution < -0.4 is 15.8 Å². The fourth-order valence-corrected chi connectivity index (χ4v) is 2.48. The molecule has 0 aliphatic heterocycles. The number of alkyl halides is 3. The van der Waals surface area contributed by atoms with Crippen LogP contribution in [-0.4, -0.2) is 30.1 Å². The number of rotatable bonds is 7. The van der Waals surface area contributed by atoms with Crippen molar-refractivity contribution in [3.63, 3.8) is 0 Å². The number of benzene rings is 2. The van der Waals surface area contributed by atoms with Gasteiger partial charge in [-0.25, -0.2) is 0 Å². The van der Waals surface area contributed by atoms with Crippen LogP contribution in [0.2, 0.25) is 0 Å². The summed E-state index contributed by atoms with van der Waals surface area (Å²) in [7, 11) is 1.50. The van der Waals surface area contributed by atoms with Gasteiger partial charge in [0.05, 0.1) is 12.7 Å². The number of carbonyl (C=O) groups excluding carboxylic acids is 2. The van der Waals surface area contributed by atoms with Crippen molar-refractivity contribution in [3.8, 4) is 5.75 Å². The number of aliphatic hydroxyl groups is 1. The molecule has 0 saturated carbocycles. The van der Waals surface area contributed by atoms with Crippen LogP contribution in [-0.2, 0) is 22.2 Å². The topological polar surface area (TPSA) is 102 Å². The minimum atomic E-state index is -4.53. The summed E-state index contributed by atoms with van der Waals surface area (Å²) in [5.41, 5.74) is 5.05. The molecule has 2 amide bonds. The monoisotopic (exact) mass is 396 g/mol. The molecule has 0 radical (unpaired) electrons. The molecule has 0 heterocycles. The van der Waals surface area contributed by atoms with E-state index in [0.29, 0.717) is 11.3 Å². The lowest BCUT2D eigenvalue weighted by atomic mass is 10.0. The van der Waals surface area contributed by atoms with Gasteiger partial charge < -0.3 is 20.9 Å². The molecular formula is C19H19F3N2O4. The standard InChI is InChI=1S/C19H19F3N2O4/c1-28-14-8-2-11(3-9-14)10-15(17(23)26)24-18(27)16(25)12-4-6-13(7-5-12)19(20,21)22/h2-9,15-16,25H,10H2,1H3,(H2,23,26)(H,24,27)/t15-,16-/m1/s1. The summed E-state index contributed by atoms with van der Waals surface area (Å²) in [6.45, 7) is 0. The predicted molar refractivity (Wildman–Crippen MR) is 94.2 cm³/mol. The van der Waals surface area contributed by atoms with Gasteiger partial charge in [0.15, 0.2) is 6.10 Å². The van der Waals surface area contributed by atoms with Gasteiger partial charge in [-0.3, -0.25) is 9.59 Å². The smallest absolute Gasteiger partial charge is 0.416 e. The molecule has 4 N–H and O–H groups in total. The van der Waals surface area contributed by atoms with E-state index >= 15 is 0 Å². The number of ether oxygens (including phenoxy) is 1.